The highest BCUT2D eigenvalue weighted by Crippen LogP contribution is 2.43. The van der Waals surface area contributed by atoms with Crippen molar-refractivity contribution in [1.82, 2.24) is 25.1 Å². The molecule has 2 aliphatic rings. The number of likely N-dealkylation sites (tertiary alicyclic amines) is 1. The summed E-state index contributed by atoms with van der Waals surface area (Å²) in [4.78, 5) is 27.6. The molecule has 2 aliphatic heterocycles. The number of nitrogens with zero attached hydrogens (tertiary/aromatic N) is 5. The lowest BCUT2D eigenvalue weighted by atomic mass is 9.77. The lowest BCUT2D eigenvalue weighted by molar-refractivity contribution is -0.124. The van der Waals surface area contributed by atoms with E-state index in [0.717, 1.165) is 48.7 Å². The van der Waals surface area contributed by atoms with Crippen molar-refractivity contribution >= 4 is 17.5 Å². The molecule has 2 aromatic heterocycles. The van der Waals surface area contributed by atoms with E-state index in [2.05, 4.69) is 44.5 Å². The Morgan fingerprint density at radius 3 is 2.81 bits per heavy atom. The SMILES string of the molecule is CCNc1ncc2c(n1)C1(CCN(Cc3ccn[nH]3)C1)C(=O)N(c1ccc(C)cc1)C2. The van der Waals surface area contributed by atoms with Gasteiger partial charge in [0, 0.05) is 55.5 Å². The Bertz CT molecular complexity index is 1080. The van der Waals surface area contributed by atoms with E-state index in [9.17, 15) is 4.79 Å². The van der Waals surface area contributed by atoms with Gasteiger partial charge in [0.05, 0.1) is 12.2 Å². The average molecular weight is 418 g/mol. The molecular formula is C23H27N7O. The molecule has 2 N–H and O–H groups in total. The van der Waals surface area contributed by atoms with E-state index < -0.39 is 5.41 Å². The standard InChI is InChI=1S/C23H27N7O/c1-3-24-22-25-12-17-13-30(19-6-4-16(2)5-7-19)21(31)23(20(17)27-22)9-11-29(15-23)14-18-8-10-26-28-18/h4-8,10,12H,3,9,11,13-15H2,1-2H3,(H,26,28)(H,24,25,27). The number of aromatic nitrogens is 4. The van der Waals surface area contributed by atoms with Crippen LogP contribution in [0.5, 0.6) is 0 Å². The molecule has 3 aromatic rings. The van der Waals surface area contributed by atoms with Crippen LogP contribution in [0.3, 0.4) is 0 Å². The maximum absolute atomic E-state index is 14.0. The van der Waals surface area contributed by atoms with Crippen LogP contribution in [0.2, 0.25) is 0 Å². The van der Waals surface area contributed by atoms with E-state index in [0.29, 0.717) is 19.0 Å². The number of hydrogen-bond acceptors (Lipinski definition) is 6. The van der Waals surface area contributed by atoms with Crippen molar-refractivity contribution in [1.29, 1.82) is 0 Å². The molecule has 1 amide bonds. The van der Waals surface area contributed by atoms with Gasteiger partial charge in [0.1, 0.15) is 5.41 Å². The Labute approximate surface area is 181 Å². The molecule has 8 nitrogen and oxygen atoms in total. The van der Waals surface area contributed by atoms with Crippen molar-refractivity contribution < 1.29 is 4.79 Å². The van der Waals surface area contributed by atoms with Gasteiger partial charge in [-0.2, -0.15) is 5.10 Å². The van der Waals surface area contributed by atoms with Crippen LogP contribution in [-0.2, 0) is 23.3 Å². The van der Waals surface area contributed by atoms with Crippen molar-refractivity contribution in [3.63, 3.8) is 0 Å². The third-order valence-electron chi connectivity index (χ3n) is 6.28. The van der Waals surface area contributed by atoms with Gasteiger partial charge >= 0.3 is 0 Å². The van der Waals surface area contributed by atoms with E-state index >= 15 is 0 Å². The van der Waals surface area contributed by atoms with Gasteiger partial charge in [0.25, 0.3) is 0 Å². The number of benzene rings is 1. The minimum atomic E-state index is -0.675. The van der Waals surface area contributed by atoms with Crippen molar-refractivity contribution in [2.45, 2.75) is 38.8 Å². The Morgan fingerprint density at radius 2 is 2.06 bits per heavy atom. The third-order valence-corrected chi connectivity index (χ3v) is 6.28. The van der Waals surface area contributed by atoms with Gasteiger partial charge in [-0.15, -0.1) is 0 Å². The van der Waals surface area contributed by atoms with Crippen LogP contribution in [-0.4, -0.2) is 50.6 Å². The van der Waals surface area contributed by atoms with E-state index in [4.69, 9.17) is 4.98 Å². The summed E-state index contributed by atoms with van der Waals surface area (Å²) >= 11 is 0. The quantitative estimate of drug-likeness (QED) is 0.663. The maximum atomic E-state index is 14.0. The first kappa shape index (κ1) is 19.7. The number of aryl methyl sites for hydroxylation is 1. The molecule has 160 valence electrons. The summed E-state index contributed by atoms with van der Waals surface area (Å²) in [7, 11) is 0. The highest BCUT2D eigenvalue weighted by Gasteiger charge is 2.53. The van der Waals surface area contributed by atoms with Gasteiger partial charge in [-0.25, -0.2) is 9.97 Å². The summed E-state index contributed by atoms with van der Waals surface area (Å²) in [5.74, 6) is 0.710. The van der Waals surface area contributed by atoms with Gasteiger partial charge in [-0.05, 0) is 38.5 Å². The molecule has 5 rings (SSSR count). The molecule has 8 heteroatoms. The van der Waals surface area contributed by atoms with Gasteiger partial charge in [-0.1, -0.05) is 17.7 Å². The lowest BCUT2D eigenvalue weighted by Crippen LogP contribution is -2.53. The number of nitrogens with one attached hydrogen (secondary N) is 2. The summed E-state index contributed by atoms with van der Waals surface area (Å²) in [5.41, 5.74) is 4.36. The Morgan fingerprint density at radius 1 is 1.23 bits per heavy atom. The smallest absolute Gasteiger partial charge is 0.240 e. The van der Waals surface area contributed by atoms with Gasteiger partial charge in [0.15, 0.2) is 0 Å². The molecule has 0 saturated carbocycles. The molecule has 1 unspecified atom stereocenters. The van der Waals surface area contributed by atoms with Crippen LogP contribution in [0.1, 0.15) is 35.9 Å². The summed E-state index contributed by atoms with van der Waals surface area (Å²) in [6.45, 7) is 7.49. The second-order valence-corrected chi connectivity index (χ2v) is 8.45. The first-order valence-corrected chi connectivity index (χ1v) is 10.8. The second kappa shape index (κ2) is 7.77. The fourth-order valence-electron chi connectivity index (χ4n) is 4.72. The average Bonchev–Trinajstić information content (AvgIpc) is 3.44. The van der Waals surface area contributed by atoms with Crippen LogP contribution in [0.25, 0.3) is 0 Å². The van der Waals surface area contributed by atoms with Gasteiger partial charge < -0.3 is 10.2 Å². The van der Waals surface area contributed by atoms with Crippen LogP contribution in [0, 0.1) is 6.92 Å². The molecule has 1 saturated heterocycles. The number of rotatable bonds is 5. The van der Waals surface area contributed by atoms with Gasteiger partial charge in [0.2, 0.25) is 11.9 Å². The molecule has 0 radical (unpaired) electrons. The second-order valence-electron chi connectivity index (χ2n) is 8.45. The predicted molar refractivity (Wildman–Crippen MR) is 119 cm³/mol. The van der Waals surface area contributed by atoms with E-state index in [1.165, 1.54) is 5.56 Å². The molecule has 1 spiro atoms. The fourth-order valence-corrected chi connectivity index (χ4v) is 4.72. The number of hydrogen-bond donors (Lipinski definition) is 2. The zero-order valence-corrected chi connectivity index (χ0v) is 17.9. The number of aromatic amines is 1. The molecule has 1 fully saturated rings. The largest absolute Gasteiger partial charge is 0.354 e. The molecule has 31 heavy (non-hydrogen) atoms. The van der Waals surface area contributed by atoms with Crippen LogP contribution >= 0.6 is 0 Å². The first-order chi connectivity index (χ1) is 15.1. The number of carbonyl (C=O) groups excluding carboxylic acids is 1. The minimum absolute atomic E-state index is 0.122. The Balaban J connectivity index is 1.54. The topological polar surface area (TPSA) is 90.0 Å². The van der Waals surface area contributed by atoms with Crippen molar-refractivity contribution in [2.24, 2.45) is 0 Å². The highest BCUT2D eigenvalue weighted by molar-refractivity contribution is 6.03. The van der Waals surface area contributed by atoms with Gasteiger partial charge in [-0.3, -0.25) is 14.8 Å². The Kier molecular flexibility index (Phi) is 4.94. The summed E-state index contributed by atoms with van der Waals surface area (Å²) < 4.78 is 0. The fraction of sp³-hybridized carbons (Fsp3) is 0.391. The normalized spacial score (nSPS) is 21.0. The summed E-state index contributed by atoms with van der Waals surface area (Å²) in [6.07, 6.45) is 4.38. The number of anilines is 2. The highest BCUT2D eigenvalue weighted by atomic mass is 16.2. The van der Waals surface area contributed by atoms with E-state index in [1.54, 1.807) is 6.20 Å². The summed E-state index contributed by atoms with van der Waals surface area (Å²) in [6, 6.07) is 10.1. The number of carbonyl (C=O) groups is 1. The Hall–Kier alpha value is -3.26. The molecule has 4 heterocycles. The van der Waals surface area contributed by atoms with Crippen LogP contribution in [0.4, 0.5) is 11.6 Å². The van der Waals surface area contributed by atoms with E-state index in [-0.39, 0.29) is 5.91 Å². The molecular weight excluding hydrogens is 390 g/mol. The molecule has 1 aromatic carbocycles. The maximum Gasteiger partial charge on any atom is 0.240 e. The molecule has 1 atom stereocenters. The number of H-pyrrole nitrogens is 1. The lowest BCUT2D eigenvalue weighted by Gasteiger charge is -2.40. The minimum Gasteiger partial charge on any atom is -0.354 e. The number of fused-ring (bicyclic) bond motifs is 2. The zero-order valence-electron chi connectivity index (χ0n) is 17.9. The zero-order chi connectivity index (χ0) is 21.4. The van der Waals surface area contributed by atoms with Crippen molar-refractivity contribution in [3.05, 3.63) is 65.2 Å². The molecule has 0 bridgehead atoms. The monoisotopic (exact) mass is 417 g/mol. The molecule has 0 aliphatic carbocycles. The predicted octanol–water partition coefficient (Wildman–Crippen LogP) is 2.63. The van der Waals surface area contributed by atoms with Crippen LogP contribution in [0.15, 0.2) is 42.7 Å². The van der Waals surface area contributed by atoms with E-state index in [1.807, 2.05) is 36.2 Å². The third kappa shape index (κ3) is 3.46. The summed E-state index contributed by atoms with van der Waals surface area (Å²) in [5, 5.41) is 10.3. The van der Waals surface area contributed by atoms with Crippen molar-refractivity contribution in [2.75, 3.05) is 29.9 Å². The van der Waals surface area contributed by atoms with Crippen LogP contribution < -0.4 is 10.2 Å². The number of amides is 1. The van der Waals surface area contributed by atoms with Crippen molar-refractivity contribution in [3.8, 4) is 0 Å². The first-order valence-electron chi connectivity index (χ1n) is 10.8.